The number of anilines is 2. The Balaban J connectivity index is 1.59. The minimum absolute atomic E-state index is 0.740. The lowest BCUT2D eigenvalue weighted by Crippen LogP contribution is -2.17. The molecule has 0 unspecified atom stereocenters. The Hall–Kier alpha value is -2.16. The fourth-order valence-corrected chi connectivity index (χ4v) is 3.04. The first-order chi connectivity index (χ1) is 10.8. The summed E-state index contributed by atoms with van der Waals surface area (Å²) < 4.78 is 5.80. The van der Waals surface area contributed by atoms with E-state index >= 15 is 0 Å². The molecule has 2 aromatic rings. The van der Waals surface area contributed by atoms with Gasteiger partial charge in [-0.2, -0.15) is 0 Å². The quantitative estimate of drug-likeness (QED) is 0.759. The predicted molar refractivity (Wildman–Crippen MR) is 92.4 cm³/mol. The van der Waals surface area contributed by atoms with Crippen LogP contribution in [-0.4, -0.2) is 6.54 Å². The van der Waals surface area contributed by atoms with Crippen LogP contribution in [0.15, 0.2) is 48.5 Å². The van der Waals surface area contributed by atoms with Crippen LogP contribution in [-0.2, 0) is 0 Å². The molecular weight excluding hydrogens is 272 g/mol. The number of para-hydroxylation sites is 1. The normalized spacial score (nSPS) is 15.5. The topological polar surface area (TPSA) is 47.3 Å². The van der Waals surface area contributed by atoms with Gasteiger partial charge in [0, 0.05) is 12.6 Å². The maximum absolute atomic E-state index is 6.15. The Bertz CT molecular complexity index is 592. The van der Waals surface area contributed by atoms with Crippen molar-refractivity contribution in [3.63, 3.8) is 0 Å². The van der Waals surface area contributed by atoms with Crippen LogP contribution in [0.1, 0.15) is 32.1 Å². The van der Waals surface area contributed by atoms with Crippen molar-refractivity contribution in [3.05, 3.63) is 48.5 Å². The summed E-state index contributed by atoms with van der Waals surface area (Å²) in [5.74, 6) is 2.38. The van der Waals surface area contributed by atoms with Crippen molar-refractivity contribution in [1.29, 1.82) is 0 Å². The van der Waals surface area contributed by atoms with Crippen LogP contribution in [0.4, 0.5) is 11.4 Å². The molecule has 3 nitrogen and oxygen atoms in total. The van der Waals surface area contributed by atoms with E-state index < -0.39 is 0 Å². The molecule has 2 aromatic carbocycles. The van der Waals surface area contributed by atoms with E-state index in [2.05, 4.69) is 5.32 Å². The standard InChI is InChI=1S/C19H24N2O/c20-18-13-17(22-16-9-5-2-6-10-16)11-12-19(18)21-14-15-7-3-1-4-8-15/h2,5-6,9-13,15,21H,1,3-4,7-8,14,20H2. The highest BCUT2D eigenvalue weighted by Crippen LogP contribution is 2.29. The Labute approximate surface area is 132 Å². The average Bonchev–Trinajstić information content (AvgIpc) is 2.56. The first-order valence-electron chi connectivity index (χ1n) is 8.17. The van der Waals surface area contributed by atoms with Crippen molar-refractivity contribution >= 4 is 11.4 Å². The molecule has 0 radical (unpaired) electrons. The van der Waals surface area contributed by atoms with E-state index in [1.807, 2.05) is 48.5 Å². The first kappa shape index (κ1) is 14.8. The lowest BCUT2D eigenvalue weighted by atomic mass is 9.89. The van der Waals surface area contributed by atoms with Crippen LogP contribution >= 0.6 is 0 Å². The second-order valence-electron chi connectivity index (χ2n) is 6.05. The Morgan fingerprint density at radius 2 is 1.73 bits per heavy atom. The molecule has 0 bridgehead atoms. The predicted octanol–water partition coefficient (Wildman–Crippen LogP) is 5.05. The van der Waals surface area contributed by atoms with Crippen LogP contribution in [0.2, 0.25) is 0 Å². The summed E-state index contributed by atoms with van der Waals surface area (Å²) in [5.41, 5.74) is 7.89. The molecule has 3 heteroatoms. The summed E-state index contributed by atoms with van der Waals surface area (Å²) in [7, 11) is 0. The molecule has 3 rings (SSSR count). The van der Waals surface area contributed by atoms with E-state index in [0.29, 0.717) is 0 Å². The van der Waals surface area contributed by atoms with Gasteiger partial charge >= 0.3 is 0 Å². The molecule has 3 N–H and O–H groups in total. The molecule has 0 spiro atoms. The van der Waals surface area contributed by atoms with Gasteiger partial charge in [0.05, 0.1) is 11.4 Å². The van der Waals surface area contributed by atoms with Gasteiger partial charge in [-0.1, -0.05) is 37.5 Å². The van der Waals surface area contributed by atoms with Crippen molar-refractivity contribution in [3.8, 4) is 11.5 Å². The molecule has 0 atom stereocenters. The molecule has 0 heterocycles. The molecule has 0 aliphatic heterocycles. The summed E-state index contributed by atoms with van der Waals surface area (Å²) in [6, 6.07) is 15.6. The Morgan fingerprint density at radius 1 is 0.955 bits per heavy atom. The number of rotatable bonds is 5. The third-order valence-electron chi connectivity index (χ3n) is 4.31. The van der Waals surface area contributed by atoms with Crippen LogP contribution in [0.25, 0.3) is 0 Å². The molecule has 1 fully saturated rings. The molecular formula is C19H24N2O. The minimum atomic E-state index is 0.740. The summed E-state index contributed by atoms with van der Waals surface area (Å²) in [5, 5.41) is 3.49. The second-order valence-corrected chi connectivity index (χ2v) is 6.05. The largest absolute Gasteiger partial charge is 0.457 e. The number of nitrogens with one attached hydrogen (secondary N) is 1. The monoisotopic (exact) mass is 296 g/mol. The van der Waals surface area contributed by atoms with Crippen molar-refractivity contribution in [2.45, 2.75) is 32.1 Å². The van der Waals surface area contributed by atoms with Gasteiger partial charge in [0.2, 0.25) is 0 Å². The lowest BCUT2D eigenvalue weighted by Gasteiger charge is -2.22. The zero-order valence-corrected chi connectivity index (χ0v) is 12.9. The number of hydrogen-bond acceptors (Lipinski definition) is 3. The van der Waals surface area contributed by atoms with Gasteiger partial charge in [-0.3, -0.25) is 0 Å². The SMILES string of the molecule is Nc1cc(Oc2ccccc2)ccc1NCC1CCCCC1. The number of benzene rings is 2. The van der Waals surface area contributed by atoms with Gasteiger partial charge in [-0.05, 0) is 43.0 Å². The van der Waals surface area contributed by atoms with Crippen LogP contribution < -0.4 is 15.8 Å². The van der Waals surface area contributed by atoms with Crippen LogP contribution in [0.3, 0.4) is 0 Å². The van der Waals surface area contributed by atoms with Gasteiger partial charge in [-0.25, -0.2) is 0 Å². The summed E-state index contributed by atoms with van der Waals surface area (Å²) in [4.78, 5) is 0. The van der Waals surface area contributed by atoms with Crippen LogP contribution in [0, 0.1) is 5.92 Å². The molecule has 0 saturated heterocycles. The van der Waals surface area contributed by atoms with E-state index in [0.717, 1.165) is 35.3 Å². The summed E-state index contributed by atoms with van der Waals surface area (Å²) in [6.07, 6.45) is 6.80. The van der Waals surface area contributed by atoms with Gasteiger partial charge in [-0.15, -0.1) is 0 Å². The summed E-state index contributed by atoms with van der Waals surface area (Å²) in [6.45, 7) is 1.02. The van der Waals surface area contributed by atoms with Crippen LogP contribution in [0.5, 0.6) is 11.5 Å². The highest BCUT2D eigenvalue weighted by atomic mass is 16.5. The molecule has 22 heavy (non-hydrogen) atoms. The maximum atomic E-state index is 6.15. The molecule has 1 aliphatic carbocycles. The molecule has 0 aromatic heterocycles. The second kappa shape index (κ2) is 7.21. The van der Waals surface area contributed by atoms with Gasteiger partial charge in [0.15, 0.2) is 0 Å². The van der Waals surface area contributed by atoms with Gasteiger partial charge in [0.25, 0.3) is 0 Å². The van der Waals surface area contributed by atoms with E-state index in [4.69, 9.17) is 10.5 Å². The van der Waals surface area contributed by atoms with Crippen molar-refractivity contribution in [1.82, 2.24) is 0 Å². The Morgan fingerprint density at radius 3 is 2.45 bits per heavy atom. The first-order valence-corrected chi connectivity index (χ1v) is 8.17. The third kappa shape index (κ3) is 3.94. The zero-order valence-electron chi connectivity index (χ0n) is 12.9. The average molecular weight is 296 g/mol. The van der Waals surface area contributed by atoms with Gasteiger partial charge < -0.3 is 15.8 Å². The third-order valence-corrected chi connectivity index (χ3v) is 4.31. The minimum Gasteiger partial charge on any atom is -0.457 e. The molecule has 1 aliphatic rings. The smallest absolute Gasteiger partial charge is 0.129 e. The van der Waals surface area contributed by atoms with Crippen molar-refractivity contribution in [2.75, 3.05) is 17.6 Å². The van der Waals surface area contributed by atoms with Crippen molar-refractivity contribution in [2.24, 2.45) is 5.92 Å². The van der Waals surface area contributed by atoms with E-state index in [1.54, 1.807) is 0 Å². The van der Waals surface area contributed by atoms with E-state index in [1.165, 1.54) is 32.1 Å². The number of hydrogen-bond donors (Lipinski definition) is 2. The fraction of sp³-hybridized carbons (Fsp3) is 0.368. The van der Waals surface area contributed by atoms with Gasteiger partial charge in [0.1, 0.15) is 11.5 Å². The molecule has 1 saturated carbocycles. The number of ether oxygens (including phenoxy) is 1. The van der Waals surface area contributed by atoms with Crippen molar-refractivity contribution < 1.29 is 4.74 Å². The Kier molecular flexibility index (Phi) is 4.84. The van der Waals surface area contributed by atoms with E-state index in [9.17, 15) is 0 Å². The molecule has 116 valence electrons. The number of nitrogens with two attached hydrogens (primary N) is 1. The fourth-order valence-electron chi connectivity index (χ4n) is 3.04. The van der Waals surface area contributed by atoms with E-state index in [-0.39, 0.29) is 0 Å². The lowest BCUT2D eigenvalue weighted by molar-refractivity contribution is 0.373. The number of nitrogen functional groups attached to an aromatic ring is 1. The maximum Gasteiger partial charge on any atom is 0.129 e. The summed E-state index contributed by atoms with van der Waals surface area (Å²) >= 11 is 0. The highest BCUT2D eigenvalue weighted by molar-refractivity contribution is 5.68. The highest BCUT2D eigenvalue weighted by Gasteiger charge is 2.13. The zero-order chi connectivity index (χ0) is 15.2. The molecule has 0 amide bonds.